The number of hydrogen-bond acceptors (Lipinski definition) is 4. The van der Waals surface area contributed by atoms with Crippen LogP contribution in [0.15, 0.2) is 0 Å². The molecule has 202 valence electrons. The lowest BCUT2D eigenvalue weighted by atomic mass is 10.1. The van der Waals surface area contributed by atoms with Gasteiger partial charge >= 0.3 is 11.9 Å². The van der Waals surface area contributed by atoms with Crippen LogP contribution < -0.4 is 0 Å². The minimum atomic E-state index is -0.0856. The number of carbonyl (C=O) groups excluding carboxylic acids is 2. The smallest absolute Gasteiger partial charge is 0.305 e. The first-order valence-corrected chi connectivity index (χ1v) is 15.0. The second-order valence-corrected chi connectivity index (χ2v) is 10.0. The standard InChI is InChI=1S/C30H58O4/c1-3-5-7-9-11-13-15-17-19-21-25-29(31)33-27-23-24-28-34-30(32)26-22-20-18-16-14-12-10-8-6-4-2/h3-28H2,1-2H3. The Morgan fingerprint density at radius 3 is 0.941 bits per heavy atom. The fraction of sp³-hybridized carbons (Fsp3) is 0.933. The Kier molecular flexibility index (Phi) is 27.3. The summed E-state index contributed by atoms with van der Waals surface area (Å²) in [6.07, 6.45) is 28.0. The zero-order valence-electron chi connectivity index (χ0n) is 23.0. The molecule has 0 aliphatic rings. The van der Waals surface area contributed by atoms with Crippen molar-refractivity contribution in [2.75, 3.05) is 13.2 Å². The van der Waals surface area contributed by atoms with Gasteiger partial charge in [-0.15, -0.1) is 0 Å². The molecule has 0 atom stereocenters. The van der Waals surface area contributed by atoms with Crippen molar-refractivity contribution in [2.45, 2.75) is 168 Å². The van der Waals surface area contributed by atoms with Gasteiger partial charge in [0.1, 0.15) is 0 Å². The molecule has 0 unspecified atom stereocenters. The van der Waals surface area contributed by atoms with E-state index in [1.54, 1.807) is 0 Å². The molecule has 0 aliphatic carbocycles. The average molecular weight is 483 g/mol. The topological polar surface area (TPSA) is 52.6 Å². The van der Waals surface area contributed by atoms with E-state index < -0.39 is 0 Å². The molecule has 0 aromatic heterocycles. The van der Waals surface area contributed by atoms with Crippen molar-refractivity contribution < 1.29 is 19.1 Å². The van der Waals surface area contributed by atoms with Gasteiger partial charge in [0.25, 0.3) is 0 Å². The van der Waals surface area contributed by atoms with Crippen molar-refractivity contribution in [1.82, 2.24) is 0 Å². The Hall–Kier alpha value is -1.06. The van der Waals surface area contributed by atoms with Crippen LogP contribution in [0.2, 0.25) is 0 Å². The highest BCUT2D eigenvalue weighted by atomic mass is 16.5. The van der Waals surface area contributed by atoms with Gasteiger partial charge in [-0.05, 0) is 25.7 Å². The fourth-order valence-electron chi connectivity index (χ4n) is 4.23. The maximum atomic E-state index is 11.8. The summed E-state index contributed by atoms with van der Waals surface area (Å²) in [4.78, 5) is 23.6. The van der Waals surface area contributed by atoms with Crippen LogP contribution in [0.5, 0.6) is 0 Å². The number of esters is 2. The molecule has 0 N–H and O–H groups in total. The van der Waals surface area contributed by atoms with Crippen LogP contribution in [0, 0.1) is 0 Å². The van der Waals surface area contributed by atoms with Crippen molar-refractivity contribution >= 4 is 11.9 Å². The summed E-state index contributed by atoms with van der Waals surface area (Å²) in [7, 11) is 0. The lowest BCUT2D eigenvalue weighted by molar-refractivity contribution is -0.146. The minimum Gasteiger partial charge on any atom is -0.466 e. The van der Waals surface area contributed by atoms with Crippen molar-refractivity contribution in [3.05, 3.63) is 0 Å². The molecule has 0 radical (unpaired) electrons. The molecule has 0 bridgehead atoms. The highest BCUT2D eigenvalue weighted by molar-refractivity contribution is 5.69. The summed E-state index contributed by atoms with van der Waals surface area (Å²) in [6.45, 7) is 5.38. The van der Waals surface area contributed by atoms with Crippen LogP contribution >= 0.6 is 0 Å². The van der Waals surface area contributed by atoms with Crippen molar-refractivity contribution in [3.8, 4) is 0 Å². The SMILES string of the molecule is CCCCCCCCCCCCC(=O)OCCCCOC(=O)CCCCCCCCCCCC. The van der Waals surface area contributed by atoms with E-state index in [2.05, 4.69) is 13.8 Å². The number of rotatable bonds is 27. The van der Waals surface area contributed by atoms with Crippen LogP contribution in [0.25, 0.3) is 0 Å². The molecule has 0 saturated carbocycles. The summed E-state index contributed by atoms with van der Waals surface area (Å²) < 4.78 is 10.6. The van der Waals surface area contributed by atoms with Crippen molar-refractivity contribution in [2.24, 2.45) is 0 Å². The third kappa shape index (κ3) is 27.2. The second-order valence-electron chi connectivity index (χ2n) is 10.0. The summed E-state index contributed by atoms with van der Waals surface area (Å²) in [5.74, 6) is -0.171. The molecule has 4 heteroatoms. The number of hydrogen-bond donors (Lipinski definition) is 0. The van der Waals surface area contributed by atoms with E-state index in [0.29, 0.717) is 26.1 Å². The van der Waals surface area contributed by atoms with Gasteiger partial charge in [-0.1, -0.05) is 129 Å². The number of unbranched alkanes of at least 4 members (excludes halogenated alkanes) is 19. The summed E-state index contributed by atoms with van der Waals surface area (Å²) >= 11 is 0. The van der Waals surface area contributed by atoms with Gasteiger partial charge in [0.2, 0.25) is 0 Å². The van der Waals surface area contributed by atoms with Crippen molar-refractivity contribution in [1.29, 1.82) is 0 Å². The molecule has 0 spiro atoms. The monoisotopic (exact) mass is 482 g/mol. The quantitative estimate of drug-likeness (QED) is 0.0864. The molecular formula is C30H58O4. The van der Waals surface area contributed by atoms with Crippen molar-refractivity contribution in [3.63, 3.8) is 0 Å². The molecule has 0 amide bonds. The maximum absolute atomic E-state index is 11.8. The summed E-state index contributed by atoms with van der Waals surface area (Å²) in [5, 5.41) is 0. The van der Waals surface area contributed by atoms with Gasteiger partial charge in [-0.3, -0.25) is 9.59 Å². The lowest BCUT2D eigenvalue weighted by Gasteiger charge is -2.07. The van der Waals surface area contributed by atoms with Crippen LogP contribution in [-0.4, -0.2) is 25.2 Å². The molecule has 0 fully saturated rings. The van der Waals surface area contributed by atoms with Gasteiger partial charge in [-0.2, -0.15) is 0 Å². The molecular weight excluding hydrogens is 424 g/mol. The first-order valence-electron chi connectivity index (χ1n) is 15.0. The van der Waals surface area contributed by atoms with E-state index in [-0.39, 0.29) is 11.9 Å². The predicted molar refractivity (Wildman–Crippen MR) is 144 cm³/mol. The zero-order valence-corrected chi connectivity index (χ0v) is 23.0. The maximum Gasteiger partial charge on any atom is 0.305 e. The summed E-state index contributed by atoms with van der Waals surface area (Å²) in [6, 6.07) is 0. The van der Waals surface area contributed by atoms with E-state index in [0.717, 1.165) is 38.5 Å². The molecule has 0 saturated heterocycles. The zero-order chi connectivity index (χ0) is 25.0. The Labute approximate surface area is 212 Å². The number of ether oxygens (including phenoxy) is 2. The Bertz CT molecular complexity index is 396. The third-order valence-corrected chi connectivity index (χ3v) is 6.53. The first-order chi connectivity index (χ1) is 16.7. The highest BCUT2D eigenvalue weighted by Crippen LogP contribution is 2.13. The normalized spacial score (nSPS) is 11.0. The van der Waals surface area contributed by atoms with Gasteiger partial charge in [0, 0.05) is 12.8 Å². The molecule has 0 heterocycles. The van der Waals surface area contributed by atoms with E-state index in [9.17, 15) is 9.59 Å². The van der Waals surface area contributed by atoms with Crippen LogP contribution in [0.4, 0.5) is 0 Å². The lowest BCUT2D eigenvalue weighted by Crippen LogP contribution is -2.08. The Balaban J connectivity index is 3.27. The third-order valence-electron chi connectivity index (χ3n) is 6.53. The van der Waals surface area contributed by atoms with E-state index >= 15 is 0 Å². The largest absolute Gasteiger partial charge is 0.466 e. The molecule has 0 rings (SSSR count). The van der Waals surface area contributed by atoms with E-state index in [1.165, 1.54) is 103 Å². The molecule has 0 aromatic carbocycles. The van der Waals surface area contributed by atoms with Crippen LogP contribution in [0.3, 0.4) is 0 Å². The van der Waals surface area contributed by atoms with E-state index in [4.69, 9.17) is 9.47 Å². The highest BCUT2D eigenvalue weighted by Gasteiger charge is 2.05. The second kappa shape index (κ2) is 28.2. The first kappa shape index (κ1) is 32.9. The predicted octanol–water partition coefficient (Wildman–Crippen LogP) is 9.48. The Morgan fingerprint density at radius 2 is 0.647 bits per heavy atom. The van der Waals surface area contributed by atoms with Gasteiger partial charge < -0.3 is 9.47 Å². The molecule has 0 aliphatic heterocycles. The minimum absolute atomic E-state index is 0.0856. The van der Waals surface area contributed by atoms with Gasteiger partial charge in [-0.25, -0.2) is 0 Å². The van der Waals surface area contributed by atoms with Crippen LogP contribution in [-0.2, 0) is 19.1 Å². The average Bonchev–Trinajstić information content (AvgIpc) is 2.83. The summed E-state index contributed by atoms with van der Waals surface area (Å²) in [5.41, 5.74) is 0. The van der Waals surface area contributed by atoms with E-state index in [1.807, 2.05) is 0 Å². The molecule has 4 nitrogen and oxygen atoms in total. The van der Waals surface area contributed by atoms with Gasteiger partial charge in [0.15, 0.2) is 0 Å². The molecule has 0 aromatic rings. The Morgan fingerprint density at radius 1 is 0.382 bits per heavy atom. The van der Waals surface area contributed by atoms with Gasteiger partial charge in [0.05, 0.1) is 13.2 Å². The number of carbonyl (C=O) groups is 2. The van der Waals surface area contributed by atoms with Crippen LogP contribution in [0.1, 0.15) is 168 Å². The fourth-order valence-corrected chi connectivity index (χ4v) is 4.23. The molecule has 34 heavy (non-hydrogen) atoms.